The van der Waals surface area contributed by atoms with E-state index in [1.54, 1.807) is 0 Å². The Labute approximate surface area is 316 Å². The highest BCUT2D eigenvalue weighted by atomic mass is 16.6. The molecule has 10 heteroatoms. The second kappa shape index (κ2) is 19.6. The van der Waals surface area contributed by atoms with Crippen LogP contribution in [0.3, 0.4) is 0 Å². The zero-order chi connectivity index (χ0) is 38.6. The van der Waals surface area contributed by atoms with E-state index in [9.17, 15) is 29.2 Å². The van der Waals surface area contributed by atoms with Gasteiger partial charge in [0.1, 0.15) is 13.1 Å². The Morgan fingerprint density at radius 2 is 1.28 bits per heavy atom. The van der Waals surface area contributed by atoms with Crippen LogP contribution in [0.4, 0.5) is 0 Å². The van der Waals surface area contributed by atoms with Gasteiger partial charge >= 0.3 is 0 Å². The number of carbonyl (C=O) groups is 5. The molecule has 0 spiro atoms. The van der Waals surface area contributed by atoms with Gasteiger partial charge in [-0.3, -0.25) is 24.0 Å². The molecule has 3 N–H and O–H groups in total. The van der Waals surface area contributed by atoms with Crippen LogP contribution in [0, 0.1) is 29.1 Å². The molecule has 4 atom stereocenters. The van der Waals surface area contributed by atoms with E-state index in [-0.39, 0.29) is 60.4 Å². The number of ketones is 3. The standard InChI is InChI=1S/C43H61N3O7/c1-30(2)24-37(44-41(50)34(17-16-32-12-8-6-9-13-32)27-36(47)29-46(52)20-22-53-23-21-46)39(48)28-35(26-33-14-10-7-11-15-33)42(51)45-38(25-31(3)4)40(49)43(5)18-19-43/h6-15,30-31,34-35,37-38,52H,16-29H2,1-5H3,(H-,44,45,50,51)/p+1/t34-,35-,37+,38+/m1/s1. The number of ether oxygens (including phenoxy) is 1. The van der Waals surface area contributed by atoms with E-state index in [0.29, 0.717) is 58.4 Å². The molecule has 4 rings (SSSR count). The fourth-order valence-electron chi connectivity index (χ4n) is 7.24. The number of nitrogens with one attached hydrogen (secondary N) is 2. The Morgan fingerprint density at radius 3 is 1.85 bits per heavy atom. The maximum absolute atomic E-state index is 14.2. The molecule has 0 aromatic heterocycles. The molecular formula is C43H62N3O7+. The third kappa shape index (κ3) is 13.6. The lowest BCUT2D eigenvalue weighted by Crippen LogP contribution is -2.55. The quantitative estimate of drug-likeness (QED) is 0.133. The van der Waals surface area contributed by atoms with Crippen LogP contribution in [-0.2, 0) is 41.6 Å². The molecule has 10 nitrogen and oxygen atoms in total. The molecule has 1 saturated carbocycles. The van der Waals surface area contributed by atoms with Gasteiger partial charge in [-0.2, -0.15) is 4.65 Å². The number of hydrogen-bond donors (Lipinski definition) is 3. The third-order valence-electron chi connectivity index (χ3n) is 10.7. The van der Waals surface area contributed by atoms with E-state index in [1.807, 2.05) is 95.3 Å². The Hall–Kier alpha value is -3.73. The highest BCUT2D eigenvalue weighted by Gasteiger charge is 2.48. The average Bonchev–Trinajstić information content (AvgIpc) is 3.87. The number of carbonyl (C=O) groups excluding carboxylic acids is 5. The van der Waals surface area contributed by atoms with Gasteiger partial charge in [-0.05, 0) is 67.9 Å². The molecule has 2 aromatic carbocycles. The zero-order valence-electron chi connectivity index (χ0n) is 32.5. The number of nitrogens with zero attached hydrogens (tertiary/aromatic N) is 1. The van der Waals surface area contributed by atoms with Crippen LogP contribution in [0.25, 0.3) is 0 Å². The lowest BCUT2D eigenvalue weighted by atomic mass is 9.87. The van der Waals surface area contributed by atoms with Crippen molar-refractivity contribution in [3.05, 3.63) is 71.8 Å². The number of rotatable bonds is 22. The molecule has 1 heterocycles. The van der Waals surface area contributed by atoms with Gasteiger partial charge in [0, 0.05) is 30.1 Å². The van der Waals surface area contributed by atoms with Gasteiger partial charge in [0.05, 0.1) is 25.3 Å². The van der Waals surface area contributed by atoms with Crippen molar-refractivity contribution in [3.8, 4) is 0 Å². The Bertz CT molecular complexity index is 1520. The Balaban J connectivity index is 1.52. The molecule has 2 fully saturated rings. The van der Waals surface area contributed by atoms with Crippen molar-refractivity contribution >= 4 is 29.2 Å². The maximum Gasteiger partial charge on any atom is 0.224 e. The summed E-state index contributed by atoms with van der Waals surface area (Å²) in [6, 6.07) is 17.8. The van der Waals surface area contributed by atoms with Crippen molar-refractivity contribution in [2.75, 3.05) is 32.8 Å². The molecule has 290 valence electrons. The van der Waals surface area contributed by atoms with Crippen molar-refractivity contribution < 1.29 is 38.6 Å². The van der Waals surface area contributed by atoms with Gasteiger partial charge in [0.25, 0.3) is 0 Å². The van der Waals surface area contributed by atoms with E-state index in [4.69, 9.17) is 4.74 Å². The molecule has 0 unspecified atom stereocenters. The smallest absolute Gasteiger partial charge is 0.224 e. The van der Waals surface area contributed by atoms with Crippen LogP contribution in [-0.4, -0.2) is 83.9 Å². The van der Waals surface area contributed by atoms with Crippen molar-refractivity contribution in [1.29, 1.82) is 0 Å². The molecule has 2 amide bonds. The number of hydrogen-bond acceptors (Lipinski definition) is 7. The summed E-state index contributed by atoms with van der Waals surface area (Å²) in [5.41, 5.74) is 1.52. The van der Waals surface area contributed by atoms with Crippen molar-refractivity contribution in [2.24, 2.45) is 29.1 Å². The molecule has 2 aromatic rings. The molecular weight excluding hydrogens is 670 g/mol. The molecule has 1 saturated heterocycles. The van der Waals surface area contributed by atoms with Crippen molar-refractivity contribution in [2.45, 2.75) is 104 Å². The first-order valence-electron chi connectivity index (χ1n) is 19.6. The maximum atomic E-state index is 14.2. The van der Waals surface area contributed by atoms with Gasteiger partial charge in [-0.1, -0.05) is 95.3 Å². The molecule has 1 aliphatic carbocycles. The summed E-state index contributed by atoms with van der Waals surface area (Å²) in [4.78, 5) is 69.2. The number of amides is 2. The van der Waals surface area contributed by atoms with E-state index < -0.39 is 34.0 Å². The fraction of sp³-hybridized carbons (Fsp3) is 0.605. The summed E-state index contributed by atoms with van der Waals surface area (Å²) in [5.74, 6) is -2.38. The second-order valence-electron chi connectivity index (χ2n) is 16.6. The van der Waals surface area contributed by atoms with Gasteiger partial charge < -0.3 is 15.4 Å². The summed E-state index contributed by atoms with van der Waals surface area (Å²) < 4.78 is 4.95. The minimum Gasteiger partial charge on any atom is -0.370 e. The summed E-state index contributed by atoms with van der Waals surface area (Å²) >= 11 is 0. The number of aryl methyl sites for hydroxylation is 1. The van der Waals surface area contributed by atoms with E-state index >= 15 is 0 Å². The first-order chi connectivity index (χ1) is 25.2. The van der Waals surface area contributed by atoms with E-state index in [0.717, 1.165) is 24.0 Å². The van der Waals surface area contributed by atoms with Crippen LogP contribution >= 0.6 is 0 Å². The largest absolute Gasteiger partial charge is 0.370 e. The molecule has 53 heavy (non-hydrogen) atoms. The minimum absolute atomic E-state index is 0.0492. The van der Waals surface area contributed by atoms with E-state index in [1.165, 1.54) is 0 Å². The highest BCUT2D eigenvalue weighted by molar-refractivity contribution is 5.97. The number of quaternary nitrogens is 1. The second-order valence-corrected chi connectivity index (χ2v) is 16.6. The predicted octanol–water partition coefficient (Wildman–Crippen LogP) is 5.68. The SMILES string of the molecule is CC(C)C[C@H](NC(=O)[C@H](CCc1ccccc1)CC(=O)C[N+]1(O)CCOCC1)C(=O)C[C@@H](Cc1ccccc1)C(=O)N[C@@H](CC(C)C)C(=O)C1(C)CC1. The summed E-state index contributed by atoms with van der Waals surface area (Å²) in [6.07, 6.45) is 3.60. The number of morpholine rings is 1. The normalized spacial score (nSPS) is 18.4. The predicted molar refractivity (Wildman–Crippen MR) is 204 cm³/mol. The average molecular weight is 733 g/mol. The van der Waals surface area contributed by atoms with Crippen LogP contribution in [0.1, 0.15) is 90.7 Å². The molecule has 0 radical (unpaired) electrons. The van der Waals surface area contributed by atoms with Gasteiger partial charge in [-0.25, -0.2) is 5.21 Å². The Kier molecular flexibility index (Phi) is 15.5. The van der Waals surface area contributed by atoms with Crippen molar-refractivity contribution in [1.82, 2.24) is 10.6 Å². The summed E-state index contributed by atoms with van der Waals surface area (Å²) in [6.45, 7) is 11.2. The lowest BCUT2D eigenvalue weighted by molar-refractivity contribution is -1.10. The Morgan fingerprint density at radius 1 is 0.755 bits per heavy atom. The highest BCUT2D eigenvalue weighted by Crippen LogP contribution is 2.47. The van der Waals surface area contributed by atoms with Crippen LogP contribution in [0.5, 0.6) is 0 Å². The zero-order valence-corrected chi connectivity index (χ0v) is 32.5. The van der Waals surface area contributed by atoms with Gasteiger partial charge in [0.2, 0.25) is 11.8 Å². The first-order valence-corrected chi connectivity index (χ1v) is 19.6. The van der Waals surface area contributed by atoms with Gasteiger partial charge in [-0.15, -0.1) is 0 Å². The van der Waals surface area contributed by atoms with E-state index in [2.05, 4.69) is 10.6 Å². The van der Waals surface area contributed by atoms with Crippen LogP contribution in [0.2, 0.25) is 0 Å². The monoisotopic (exact) mass is 732 g/mol. The molecule has 1 aliphatic heterocycles. The van der Waals surface area contributed by atoms with Crippen LogP contribution < -0.4 is 10.6 Å². The van der Waals surface area contributed by atoms with Gasteiger partial charge in [0.15, 0.2) is 23.9 Å². The summed E-state index contributed by atoms with van der Waals surface area (Å²) in [5, 5.41) is 17.0. The van der Waals surface area contributed by atoms with Crippen molar-refractivity contribution in [3.63, 3.8) is 0 Å². The molecule has 0 bridgehead atoms. The third-order valence-corrected chi connectivity index (χ3v) is 10.7. The number of hydroxylamine groups is 3. The number of Topliss-reactive ketones (excluding diaryl/α,β-unsaturated/α-hetero) is 3. The molecule has 2 aliphatic rings. The minimum atomic E-state index is -0.864. The topological polar surface area (TPSA) is 139 Å². The van der Waals surface area contributed by atoms with Crippen LogP contribution in [0.15, 0.2) is 60.7 Å². The fourth-order valence-corrected chi connectivity index (χ4v) is 7.24. The number of benzene rings is 2. The lowest BCUT2D eigenvalue weighted by Gasteiger charge is -2.33. The summed E-state index contributed by atoms with van der Waals surface area (Å²) in [7, 11) is 0. The first kappa shape index (κ1) is 42.0.